The van der Waals surface area contributed by atoms with Gasteiger partial charge >= 0.3 is 16.5 Å². The molecule has 0 unspecified atom stereocenters. The third kappa shape index (κ3) is 8.61. The molecule has 0 atom stereocenters. The lowest BCUT2D eigenvalue weighted by Crippen LogP contribution is -2.24. The molecule has 0 saturated carbocycles. The zero-order valence-electron chi connectivity index (χ0n) is 41.6. The van der Waals surface area contributed by atoms with E-state index < -0.39 is 16.5 Å². The van der Waals surface area contributed by atoms with Crippen LogP contribution in [0.3, 0.4) is 0 Å². The summed E-state index contributed by atoms with van der Waals surface area (Å²) in [6.07, 6.45) is 3.62. The fraction of sp³-hybridized carbons (Fsp3) is 0.379. The van der Waals surface area contributed by atoms with Crippen LogP contribution in [0.1, 0.15) is 142 Å². The third-order valence-electron chi connectivity index (χ3n) is 14.9. The highest BCUT2D eigenvalue weighted by Gasteiger charge is 2.38. The summed E-state index contributed by atoms with van der Waals surface area (Å²) in [5.74, 6) is 1.48. The highest BCUT2D eigenvalue weighted by Crippen LogP contribution is 2.57. The van der Waals surface area contributed by atoms with Crippen molar-refractivity contribution in [1.82, 2.24) is 0 Å². The quantitative estimate of drug-likeness (QED) is 0.115. The van der Waals surface area contributed by atoms with Gasteiger partial charge in [-0.1, -0.05) is 168 Å². The normalized spacial score (nSPS) is 12.6. The van der Waals surface area contributed by atoms with Crippen molar-refractivity contribution in [3.8, 4) is 22.6 Å². The summed E-state index contributed by atoms with van der Waals surface area (Å²) in [5, 5.41) is 3.87. The van der Waals surface area contributed by atoms with E-state index in [9.17, 15) is 0 Å². The summed E-state index contributed by atoms with van der Waals surface area (Å²) in [6.45, 7) is 32.3. The van der Waals surface area contributed by atoms with Gasteiger partial charge in [0.25, 0.3) is 0 Å². The second-order valence-corrected chi connectivity index (χ2v) is 22.5. The van der Waals surface area contributed by atoms with Crippen molar-refractivity contribution < 1.29 is 25.8 Å². The number of fused-ring (bicyclic) bond motifs is 6. The number of para-hydroxylation sites is 4. The Bertz CT molecular complexity index is 2850. The van der Waals surface area contributed by atoms with Crippen LogP contribution in [0, 0.1) is 13.8 Å². The van der Waals surface area contributed by atoms with E-state index in [1.54, 1.807) is 0 Å². The number of hydrogen-bond donors (Lipinski definition) is 0. The first kappa shape index (κ1) is 47.2. The van der Waals surface area contributed by atoms with Gasteiger partial charge < -0.3 is 25.8 Å². The van der Waals surface area contributed by atoms with Crippen molar-refractivity contribution in [1.29, 1.82) is 0 Å². The minimum atomic E-state index is -2.03. The van der Waals surface area contributed by atoms with E-state index in [1.807, 2.05) is 72.8 Å². The van der Waals surface area contributed by atoms with Crippen molar-refractivity contribution in [3.63, 3.8) is 0 Å². The largest absolute Gasteiger partial charge is 0.453 e. The van der Waals surface area contributed by atoms with Crippen molar-refractivity contribution in [2.24, 2.45) is 0 Å². The van der Waals surface area contributed by atoms with Gasteiger partial charge in [0.15, 0.2) is 0 Å². The lowest BCUT2D eigenvalue weighted by molar-refractivity contribution is 0.446. The first-order valence-corrected chi connectivity index (χ1v) is 26.0. The number of rotatable bonds is 13. The van der Waals surface area contributed by atoms with Gasteiger partial charge in [0, 0.05) is 43.8 Å². The fourth-order valence-corrected chi connectivity index (χ4v) is 11.3. The molecule has 8 aromatic rings. The molecule has 0 aliphatic rings. The summed E-state index contributed by atoms with van der Waals surface area (Å²) in [7, 11) is -4.05. The number of benzene rings is 6. The Hall–Kier alpha value is -5.28. The topological polar surface area (TPSA) is 71.0 Å². The van der Waals surface area contributed by atoms with Gasteiger partial charge in [-0.3, -0.25) is 0 Å². The van der Waals surface area contributed by atoms with Crippen LogP contribution in [0.4, 0.5) is 0 Å². The minimum Gasteiger partial charge on any atom is -0.390 e. The van der Waals surface area contributed by atoms with E-state index >= 15 is 0 Å². The van der Waals surface area contributed by atoms with Crippen LogP contribution in [0.5, 0.6) is 11.5 Å². The first-order valence-electron chi connectivity index (χ1n) is 23.8. The van der Waals surface area contributed by atoms with Crippen LogP contribution in [-0.4, -0.2) is 0 Å². The van der Waals surface area contributed by atoms with E-state index in [0.29, 0.717) is 0 Å². The Kier molecular flexibility index (Phi) is 12.9. The zero-order valence-corrected chi connectivity index (χ0v) is 43.4. The maximum atomic E-state index is 7.56. The molecule has 0 radical (unpaired) electrons. The fourth-order valence-electron chi connectivity index (χ4n) is 9.14. The van der Waals surface area contributed by atoms with Gasteiger partial charge in [0.2, 0.25) is 0 Å². The molecule has 0 aliphatic carbocycles. The average molecular weight is 923 g/mol. The Balaban J connectivity index is 1.58. The predicted octanol–water partition coefficient (Wildman–Crippen LogP) is 19.6. The van der Waals surface area contributed by atoms with E-state index in [-0.39, 0.29) is 21.7 Å². The van der Waals surface area contributed by atoms with Crippen LogP contribution in [0.15, 0.2) is 126 Å². The summed E-state index contributed by atoms with van der Waals surface area (Å²) in [6, 6.07) is 37.4. The van der Waals surface area contributed by atoms with Gasteiger partial charge in [-0.05, 0) is 108 Å². The molecule has 66 heavy (non-hydrogen) atoms. The monoisotopic (exact) mass is 922 g/mol. The molecule has 0 spiro atoms. The van der Waals surface area contributed by atoms with E-state index in [4.69, 9.17) is 25.8 Å². The van der Waals surface area contributed by atoms with Crippen molar-refractivity contribution >= 4 is 60.4 Å². The van der Waals surface area contributed by atoms with Gasteiger partial charge in [0.05, 0.1) is 0 Å². The molecular weight excluding hydrogens is 855 g/mol. The summed E-state index contributed by atoms with van der Waals surface area (Å²) >= 11 is 0. The molecule has 0 amide bonds. The van der Waals surface area contributed by atoms with Gasteiger partial charge in [0.1, 0.15) is 33.8 Å². The Morgan fingerprint density at radius 1 is 0.379 bits per heavy atom. The average Bonchev–Trinajstić information content (AvgIpc) is 3.56. The van der Waals surface area contributed by atoms with Crippen LogP contribution in [0.25, 0.3) is 55.0 Å². The maximum absolute atomic E-state index is 7.56. The Morgan fingerprint density at radius 2 is 0.621 bits per heavy atom. The molecule has 346 valence electrons. The molecule has 0 bridgehead atoms. The second kappa shape index (κ2) is 18.1. The first-order chi connectivity index (χ1) is 31.4. The smallest absolute Gasteiger partial charge is 0.390 e. The third-order valence-corrected chi connectivity index (χ3v) is 17.0. The Labute approximate surface area is 394 Å². The van der Waals surface area contributed by atoms with E-state index in [2.05, 4.69) is 133 Å². The second-order valence-electron chi connectivity index (χ2n) is 20.5. The van der Waals surface area contributed by atoms with Crippen LogP contribution >= 0.6 is 16.5 Å². The summed E-state index contributed by atoms with van der Waals surface area (Å²) in [5.41, 5.74) is 10.8. The van der Waals surface area contributed by atoms with Crippen molar-refractivity contribution in [2.75, 3.05) is 0 Å². The van der Waals surface area contributed by atoms with E-state index in [0.717, 1.165) is 114 Å². The van der Waals surface area contributed by atoms with Crippen LogP contribution < -0.4 is 9.05 Å². The molecule has 6 nitrogen and oxygen atoms in total. The molecule has 8 rings (SSSR count). The van der Waals surface area contributed by atoms with Crippen molar-refractivity contribution in [3.05, 3.63) is 143 Å². The highest BCUT2D eigenvalue weighted by molar-refractivity contribution is 7.32. The van der Waals surface area contributed by atoms with Crippen LogP contribution in [0.2, 0.25) is 0 Å². The standard InChI is InChI=1S/C58H68O6P2/c1-15-55(7,8)43-35-45(57(11,12)17-3)53(63-65-59-47-31-23-19-27-39(47)40-28-20-24-32-48(40)60-65)51(37(43)5)52-38(6)44(56(9,10)16-2)36-46(58(13,14)18-4)54(52)64-66-61-49-33-25-21-29-41(49)42-30-22-26-34-50(42)62-66/h19-36H,15-18H2,1-14H3. The van der Waals surface area contributed by atoms with Gasteiger partial charge in [-0.2, -0.15) is 0 Å². The molecule has 2 heterocycles. The molecule has 8 heteroatoms. The molecule has 0 saturated heterocycles. The minimum absolute atomic E-state index is 0.180. The SMILES string of the molecule is CCC(C)(C)c1cc(C(C)(C)CC)c(Op2oc3ccccc3c3ccccc3o2)c(-c2c(C)c(C(C)(C)CC)cc(C(C)(C)CC)c2Op2oc3ccccc3c3ccccc3o2)c1C. The molecule has 0 N–H and O–H groups in total. The van der Waals surface area contributed by atoms with Crippen molar-refractivity contribution in [2.45, 2.75) is 144 Å². The molecule has 0 aliphatic heterocycles. The lowest BCUT2D eigenvalue weighted by atomic mass is 9.69. The maximum Gasteiger partial charge on any atom is 0.453 e. The van der Waals surface area contributed by atoms with Gasteiger partial charge in [-0.25, -0.2) is 0 Å². The van der Waals surface area contributed by atoms with E-state index in [1.165, 1.54) is 11.1 Å². The molecule has 2 aromatic heterocycles. The zero-order chi connectivity index (χ0) is 47.3. The predicted molar refractivity (Wildman–Crippen MR) is 279 cm³/mol. The molecular formula is C58H68O6P2. The lowest BCUT2D eigenvalue weighted by Gasteiger charge is -2.36. The van der Waals surface area contributed by atoms with Crippen LogP contribution in [-0.2, 0) is 21.7 Å². The molecule has 0 fully saturated rings. The highest BCUT2D eigenvalue weighted by atomic mass is 31.1. The van der Waals surface area contributed by atoms with Gasteiger partial charge in [-0.15, -0.1) is 0 Å². The summed E-state index contributed by atoms with van der Waals surface area (Å²) < 4.78 is 42.7. The Morgan fingerprint density at radius 3 is 0.879 bits per heavy atom. The summed E-state index contributed by atoms with van der Waals surface area (Å²) in [4.78, 5) is 0. The molecule has 6 aromatic carbocycles. The number of hydrogen-bond acceptors (Lipinski definition) is 6.